The van der Waals surface area contributed by atoms with Crippen molar-refractivity contribution in [3.05, 3.63) is 94.1 Å². The molecule has 0 N–H and O–H groups in total. The Bertz CT molecular complexity index is 1560. The summed E-state index contributed by atoms with van der Waals surface area (Å²) in [5.41, 5.74) is 5.86. The van der Waals surface area contributed by atoms with E-state index in [2.05, 4.69) is 17.1 Å². The summed E-state index contributed by atoms with van der Waals surface area (Å²) in [4.78, 5) is 17.8. The molecule has 0 saturated heterocycles. The molecule has 0 radical (unpaired) electrons. The van der Waals surface area contributed by atoms with Crippen LogP contribution in [0.2, 0.25) is 0 Å². The number of rotatable bonds is 8. The number of oxazole rings is 1. The van der Waals surface area contributed by atoms with Crippen LogP contribution in [0.4, 0.5) is 4.39 Å². The lowest BCUT2D eigenvalue weighted by molar-refractivity contribution is -0.117. The summed E-state index contributed by atoms with van der Waals surface area (Å²) in [6.07, 6.45) is 2.36. The van der Waals surface area contributed by atoms with Crippen LogP contribution in [0.1, 0.15) is 53.5 Å². The molecule has 1 fully saturated rings. The number of aryl methyl sites for hydroxylation is 2. The molecule has 0 unspecified atom stereocenters. The Hall–Kier alpha value is -3.32. The van der Waals surface area contributed by atoms with Crippen LogP contribution in [0.15, 0.2) is 63.9 Å². The quantitative estimate of drug-likeness (QED) is 0.302. The normalized spacial score (nSPS) is 14.8. The standard InChI is InChI=1S/C29H28FNO4S/c1-4-36(33,34)24-8-5-20(6-9-24)15-23(32)16-21-13-18(2)27(19(3)14-21)29(11-12-29)28-31-25-10-7-22(30)17-26(25)35-28/h5-10,13-14,17H,4,11-12,15-16H2,1-3H3. The zero-order valence-corrected chi connectivity index (χ0v) is 21.4. The SMILES string of the molecule is CCS(=O)(=O)c1ccc(CC(=O)Cc2cc(C)c(C3(c4nc5ccc(F)cc5o4)CC3)c(C)c2)cc1. The number of hydrogen-bond acceptors (Lipinski definition) is 5. The first kappa shape index (κ1) is 24.4. The van der Waals surface area contributed by atoms with Crippen molar-refractivity contribution in [2.24, 2.45) is 0 Å². The molecule has 0 bridgehead atoms. The maximum Gasteiger partial charge on any atom is 0.206 e. The Morgan fingerprint density at radius 1 is 0.972 bits per heavy atom. The maximum absolute atomic E-state index is 13.6. The van der Waals surface area contributed by atoms with Crippen molar-refractivity contribution in [2.45, 2.75) is 56.8 Å². The van der Waals surface area contributed by atoms with Crippen molar-refractivity contribution < 1.29 is 22.0 Å². The summed E-state index contributed by atoms with van der Waals surface area (Å²) in [5.74, 6) is 0.381. The molecule has 5 nitrogen and oxygen atoms in total. The first-order chi connectivity index (χ1) is 17.1. The van der Waals surface area contributed by atoms with Gasteiger partial charge in [0.25, 0.3) is 0 Å². The second kappa shape index (κ2) is 8.96. The second-order valence-electron chi connectivity index (χ2n) is 9.76. The van der Waals surface area contributed by atoms with Crippen LogP contribution in [-0.4, -0.2) is 24.9 Å². The van der Waals surface area contributed by atoms with Gasteiger partial charge in [-0.3, -0.25) is 4.79 Å². The molecule has 36 heavy (non-hydrogen) atoms. The van der Waals surface area contributed by atoms with Gasteiger partial charge in [0.05, 0.1) is 16.1 Å². The smallest absolute Gasteiger partial charge is 0.206 e. The molecule has 0 aliphatic heterocycles. The van der Waals surface area contributed by atoms with Crippen LogP contribution in [0, 0.1) is 19.7 Å². The Balaban J connectivity index is 1.34. The van der Waals surface area contributed by atoms with Crippen molar-refractivity contribution >= 4 is 26.7 Å². The number of Topliss-reactive ketones (excluding diaryl/α,β-unsaturated/α-hetero) is 1. The first-order valence-electron chi connectivity index (χ1n) is 12.1. The van der Waals surface area contributed by atoms with Crippen LogP contribution >= 0.6 is 0 Å². The van der Waals surface area contributed by atoms with Crippen molar-refractivity contribution in [1.29, 1.82) is 0 Å². The molecule has 0 atom stereocenters. The maximum atomic E-state index is 13.6. The second-order valence-corrected chi connectivity index (χ2v) is 12.0. The average Bonchev–Trinajstić information content (AvgIpc) is 3.50. The highest BCUT2D eigenvalue weighted by molar-refractivity contribution is 7.91. The van der Waals surface area contributed by atoms with Crippen molar-refractivity contribution in [1.82, 2.24) is 4.98 Å². The molecule has 1 saturated carbocycles. The Kier molecular flexibility index (Phi) is 6.07. The van der Waals surface area contributed by atoms with Gasteiger partial charge in [0.1, 0.15) is 17.1 Å². The molecular formula is C29H28FNO4S. The highest BCUT2D eigenvalue weighted by Crippen LogP contribution is 2.55. The fraction of sp³-hybridized carbons (Fsp3) is 0.310. The summed E-state index contributed by atoms with van der Waals surface area (Å²) < 4.78 is 43.6. The molecule has 7 heteroatoms. The van der Waals surface area contributed by atoms with E-state index in [1.807, 2.05) is 13.8 Å². The predicted octanol–water partition coefficient (Wildman–Crippen LogP) is 5.81. The zero-order valence-electron chi connectivity index (χ0n) is 20.6. The molecule has 1 aliphatic rings. The summed E-state index contributed by atoms with van der Waals surface area (Å²) in [7, 11) is -3.26. The van der Waals surface area contributed by atoms with Gasteiger partial charge in [-0.15, -0.1) is 0 Å². The number of sulfone groups is 1. The number of ketones is 1. The fourth-order valence-electron chi connectivity index (χ4n) is 5.21. The van der Waals surface area contributed by atoms with Crippen LogP contribution in [0.25, 0.3) is 11.1 Å². The average molecular weight is 506 g/mol. The van der Waals surface area contributed by atoms with Crippen LogP contribution in [0.5, 0.6) is 0 Å². The highest BCUT2D eigenvalue weighted by atomic mass is 32.2. The van der Waals surface area contributed by atoms with E-state index in [1.165, 1.54) is 17.7 Å². The van der Waals surface area contributed by atoms with E-state index < -0.39 is 9.84 Å². The van der Waals surface area contributed by atoms with Gasteiger partial charge < -0.3 is 4.42 Å². The summed E-state index contributed by atoms with van der Waals surface area (Å²) >= 11 is 0. The minimum Gasteiger partial charge on any atom is -0.440 e. The Morgan fingerprint density at radius 3 is 2.22 bits per heavy atom. The molecular weight excluding hydrogens is 477 g/mol. The van der Waals surface area contributed by atoms with Crippen molar-refractivity contribution in [2.75, 3.05) is 5.75 Å². The molecule has 0 amide bonds. The molecule has 0 spiro atoms. The molecule has 1 heterocycles. The van der Waals surface area contributed by atoms with E-state index in [0.29, 0.717) is 23.4 Å². The number of aromatic nitrogens is 1. The van der Waals surface area contributed by atoms with Crippen molar-refractivity contribution in [3.63, 3.8) is 0 Å². The van der Waals surface area contributed by atoms with Gasteiger partial charge in [-0.25, -0.2) is 17.8 Å². The van der Waals surface area contributed by atoms with E-state index in [9.17, 15) is 17.6 Å². The van der Waals surface area contributed by atoms with Gasteiger partial charge in [0.15, 0.2) is 15.4 Å². The number of hydrogen-bond donors (Lipinski definition) is 0. The summed E-state index contributed by atoms with van der Waals surface area (Å²) in [6, 6.07) is 15.1. The number of halogens is 1. The Morgan fingerprint density at radius 2 is 1.61 bits per heavy atom. The number of nitrogens with zero attached hydrogens (tertiary/aromatic N) is 1. The fourth-order valence-corrected chi connectivity index (χ4v) is 6.09. The third-order valence-electron chi connectivity index (χ3n) is 7.05. The van der Waals surface area contributed by atoms with Crippen LogP contribution in [0.3, 0.4) is 0 Å². The zero-order chi connectivity index (χ0) is 25.7. The number of carbonyl (C=O) groups excluding carboxylic acids is 1. The van der Waals surface area contributed by atoms with Gasteiger partial charge in [0, 0.05) is 18.9 Å². The number of carbonyl (C=O) groups is 1. The number of benzene rings is 3. The lowest BCUT2D eigenvalue weighted by atomic mass is 9.85. The Labute approximate surface area is 210 Å². The highest BCUT2D eigenvalue weighted by Gasteiger charge is 2.52. The molecule has 1 aromatic heterocycles. The molecule has 3 aromatic carbocycles. The lowest BCUT2D eigenvalue weighted by Crippen LogP contribution is -2.14. The van der Waals surface area contributed by atoms with Crippen molar-refractivity contribution in [3.8, 4) is 0 Å². The summed E-state index contributed by atoms with van der Waals surface area (Å²) in [5, 5.41) is 0. The molecule has 5 rings (SSSR count). The minimum absolute atomic E-state index is 0.0478. The van der Waals surface area contributed by atoms with E-state index in [-0.39, 0.29) is 34.1 Å². The molecule has 186 valence electrons. The van der Waals surface area contributed by atoms with Gasteiger partial charge in [-0.2, -0.15) is 0 Å². The minimum atomic E-state index is -3.26. The predicted molar refractivity (Wildman–Crippen MR) is 136 cm³/mol. The third-order valence-corrected chi connectivity index (χ3v) is 8.80. The largest absolute Gasteiger partial charge is 0.440 e. The topological polar surface area (TPSA) is 77.2 Å². The monoisotopic (exact) mass is 505 g/mol. The first-order valence-corrected chi connectivity index (χ1v) is 13.8. The third kappa shape index (κ3) is 4.48. The van der Waals surface area contributed by atoms with E-state index in [1.54, 1.807) is 37.3 Å². The van der Waals surface area contributed by atoms with Gasteiger partial charge in [-0.05, 0) is 78.8 Å². The lowest BCUT2D eigenvalue weighted by Gasteiger charge is -2.19. The van der Waals surface area contributed by atoms with E-state index in [0.717, 1.165) is 35.1 Å². The van der Waals surface area contributed by atoms with Crippen LogP contribution < -0.4 is 0 Å². The van der Waals surface area contributed by atoms with Gasteiger partial charge in [0.2, 0.25) is 5.89 Å². The van der Waals surface area contributed by atoms with Crippen LogP contribution in [-0.2, 0) is 32.9 Å². The van der Waals surface area contributed by atoms with E-state index in [4.69, 9.17) is 4.42 Å². The van der Waals surface area contributed by atoms with Gasteiger partial charge >= 0.3 is 0 Å². The van der Waals surface area contributed by atoms with Gasteiger partial charge in [-0.1, -0.05) is 31.2 Å². The summed E-state index contributed by atoms with van der Waals surface area (Å²) in [6.45, 7) is 5.71. The van der Waals surface area contributed by atoms with E-state index >= 15 is 0 Å². The number of fused-ring (bicyclic) bond motifs is 1. The molecule has 1 aliphatic carbocycles. The molecule has 4 aromatic rings.